The molecular formula is C12H17N3O2. The minimum atomic E-state index is -0.0943. The number of nitrogens with one attached hydrogen (secondary N) is 1. The lowest BCUT2D eigenvalue weighted by Gasteiger charge is -2.22. The van der Waals surface area contributed by atoms with E-state index in [1.807, 2.05) is 30.3 Å². The Morgan fingerprint density at radius 1 is 1.18 bits per heavy atom. The van der Waals surface area contributed by atoms with Gasteiger partial charge in [0.25, 0.3) is 0 Å². The van der Waals surface area contributed by atoms with Gasteiger partial charge in [0.05, 0.1) is 18.9 Å². The van der Waals surface area contributed by atoms with E-state index in [-0.39, 0.29) is 6.29 Å². The molecular weight excluding hydrogens is 218 g/mol. The van der Waals surface area contributed by atoms with Crippen LogP contribution in [0.1, 0.15) is 12.8 Å². The molecule has 1 aliphatic rings. The van der Waals surface area contributed by atoms with Crippen LogP contribution in [-0.4, -0.2) is 26.0 Å². The van der Waals surface area contributed by atoms with E-state index in [1.54, 1.807) is 0 Å². The monoisotopic (exact) mass is 235 g/mol. The minimum Gasteiger partial charge on any atom is -0.353 e. The standard InChI is InChI=1S/C12H17N3O2/c1-2-5-11(6-3-1)14-15-13-8-7-12-16-9-4-10-17-12/h1-3,5-6,12H,4,7-10H2,(H,13,14). The van der Waals surface area contributed by atoms with Crippen molar-refractivity contribution in [3.05, 3.63) is 30.3 Å². The van der Waals surface area contributed by atoms with Crippen LogP contribution in [0.15, 0.2) is 40.7 Å². The average Bonchev–Trinajstić information content (AvgIpc) is 2.41. The predicted octanol–water partition coefficient (Wildman–Crippen LogP) is 2.43. The first kappa shape index (κ1) is 12.0. The van der Waals surface area contributed by atoms with E-state index >= 15 is 0 Å². The van der Waals surface area contributed by atoms with Crippen molar-refractivity contribution in [2.75, 3.05) is 19.8 Å². The summed E-state index contributed by atoms with van der Waals surface area (Å²) in [5.74, 6) is 0. The lowest BCUT2D eigenvalue weighted by molar-refractivity contribution is -0.180. The first-order valence-corrected chi connectivity index (χ1v) is 5.87. The zero-order valence-corrected chi connectivity index (χ0v) is 9.71. The molecule has 0 spiro atoms. The van der Waals surface area contributed by atoms with E-state index in [0.29, 0.717) is 6.54 Å². The first-order chi connectivity index (χ1) is 8.45. The van der Waals surface area contributed by atoms with Crippen LogP contribution < -0.4 is 5.43 Å². The van der Waals surface area contributed by atoms with Gasteiger partial charge in [0.2, 0.25) is 0 Å². The summed E-state index contributed by atoms with van der Waals surface area (Å²) < 4.78 is 10.8. The summed E-state index contributed by atoms with van der Waals surface area (Å²) in [5.41, 5.74) is 3.72. The third-order valence-electron chi connectivity index (χ3n) is 2.38. The average molecular weight is 235 g/mol. The molecule has 1 aromatic carbocycles. The maximum absolute atomic E-state index is 5.41. The van der Waals surface area contributed by atoms with Gasteiger partial charge in [-0.1, -0.05) is 23.4 Å². The number of benzene rings is 1. The topological polar surface area (TPSA) is 55.2 Å². The van der Waals surface area contributed by atoms with E-state index in [0.717, 1.165) is 31.7 Å². The number of nitrogens with zero attached hydrogens (tertiary/aromatic N) is 2. The van der Waals surface area contributed by atoms with Crippen LogP contribution in [0.5, 0.6) is 0 Å². The van der Waals surface area contributed by atoms with E-state index in [4.69, 9.17) is 9.47 Å². The van der Waals surface area contributed by atoms with E-state index in [2.05, 4.69) is 15.8 Å². The van der Waals surface area contributed by atoms with E-state index in [9.17, 15) is 0 Å². The lowest BCUT2D eigenvalue weighted by Crippen LogP contribution is -2.27. The van der Waals surface area contributed by atoms with Crippen molar-refractivity contribution in [3.63, 3.8) is 0 Å². The van der Waals surface area contributed by atoms with Gasteiger partial charge < -0.3 is 9.47 Å². The number of ether oxygens (including phenoxy) is 2. The van der Waals surface area contributed by atoms with Gasteiger partial charge in [-0.2, -0.15) is 0 Å². The minimum absolute atomic E-state index is 0.0943. The van der Waals surface area contributed by atoms with Gasteiger partial charge >= 0.3 is 0 Å². The number of rotatable bonds is 5. The maximum atomic E-state index is 5.41. The Morgan fingerprint density at radius 3 is 2.71 bits per heavy atom. The highest BCUT2D eigenvalue weighted by molar-refractivity contribution is 5.34. The largest absolute Gasteiger partial charge is 0.353 e. The van der Waals surface area contributed by atoms with Crippen LogP contribution in [0.2, 0.25) is 0 Å². The SMILES string of the molecule is c1ccc(/N=N/NCCC2OCCCO2)cc1. The molecule has 2 rings (SSSR count). The summed E-state index contributed by atoms with van der Waals surface area (Å²) in [4.78, 5) is 0. The second-order valence-electron chi connectivity index (χ2n) is 3.76. The lowest BCUT2D eigenvalue weighted by atomic mass is 10.3. The summed E-state index contributed by atoms with van der Waals surface area (Å²) in [5, 5.41) is 7.91. The molecule has 1 aromatic rings. The smallest absolute Gasteiger partial charge is 0.159 e. The molecule has 1 saturated heterocycles. The fraction of sp³-hybridized carbons (Fsp3) is 0.500. The Labute approximate surface area is 101 Å². The molecule has 1 fully saturated rings. The molecule has 0 aromatic heterocycles. The molecule has 0 unspecified atom stereocenters. The van der Waals surface area contributed by atoms with Gasteiger partial charge in [0, 0.05) is 13.0 Å². The summed E-state index contributed by atoms with van der Waals surface area (Å²) in [6.45, 7) is 2.27. The molecule has 0 saturated carbocycles. The molecule has 0 amide bonds. The second-order valence-corrected chi connectivity index (χ2v) is 3.76. The Balaban J connectivity index is 1.61. The molecule has 0 atom stereocenters. The quantitative estimate of drug-likeness (QED) is 0.484. The van der Waals surface area contributed by atoms with Crippen LogP contribution in [0, 0.1) is 0 Å². The molecule has 5 heteroatoms. The van der Waals surface area contributed by atoms with Gasteiger partial charge in [-0.3, -0.25) is 5.43 Å². The van der Waals surface area contributed by atoms with Crippen molar-refractivity contribution < 1.29 is 9.47 Å². The molecule has 5 nitrogen and oxygen atoms in total. The highest BCUT2D eigenvalue weighted by atomic mass is 16.7. The van der Waals surface area contributed by atoms with E-state index in [1.165, 1.54) is 0 Å². The Kier molecular flexibility index (Phi) is 4.93. The number of hydrogen-bond donors (Lipinski definition) is 1. The Morgan fingerprint density at radius 2 is 1.94 bits per heavy atom. The first-order valence-electron chi connectivity index (χ1n) is 5.87. The fourth-order valence-corrected chi connectivity index (χ4v) is 1.52. The third-order valence-corrected chi connectivity index (χ3v) is 2.38. The van der Waals surface area contributed by atoms with Crippen molar-refractivity contribution in [3.8, 4) is 0 Å². The van der Waals surface area contributed by atoms with Crippen molar-refractivity contribution >= 4 is 5.69 Å². The highest BCUT2D eigenvalue weighted by Crippen LogP contribution is 2.10. The molecule has 1 heterocycles. The van der Waals surface area contributed by atoms with Crippen LogP contribution in [0.4, 0.5) is 5.69 Å². The van der Waals surface area contributed by atoms with Gasteiger partial charge in [0.15, 0.2) is 6.29 Å². The predicted molar refractivity (Wildman–Crippen MR) is 63.9 cm³/mol. The van der Waals surface area contributed by atoms with E-state index < -0.39 is 0 Å². The second kappa shape index (κ2) is 6.98. The van der Waals surface area contributed by atoms with Crippen molar-refractivity contribution in [2.45, 2.75) is 19.1 Å². The molecule has 1 aliphatic heterocycles. The Hall–Kier alpha value is -1.46. The summed E-state index contributed by atoms with van der Waals surface area (Å²) >= 11 is 0. The van der Waals surface area contributed by atoms with Gasteiger partial charge in [0.1, 0.15) is 0 Å². The third kappa shape index (κ3) is 4.50. The summed E-state index contributed by atoms with van der Waals surface area (Å²) in [6.07, 6.45) is 1.68. The van der Waals surface area contributed by atoms with Gasteiger partial charge in [-0.15, -0.1) is 5.11 Å². The van der Waals surface area contributed by atoms with Crippen molar-refractivity contribution in [1.82, 2.24) is 5.43 Å². The fourth-order valence-electron chi connectivity index (χ4n) is 1.52. The zero-order chi connectivity index (χ0) is 11.8. The maximum Gasteiger partial charge on any atom is 0.159 e. The highest BCUT2D eigenvalue weighted by Gasteiger charge is 2.12. The van der Waals surface area contributed by atoms with Gasteiger partial charge in [-0.05, 0) is 18.6 Å². The van der Waals surface area contributed by atoms with Crippen LogP contribution >= 0.6 is 0 Å². The number of hydrogen-bond acceptors (Lipinski definition) is 4. The zero-order valence-electron chi connectivity index (χ0n) is 9.71. The van der Waals surface area contributed by atoms with Crippen LogP contribution in [0.3, 0.4) is 0 Å². The van der Waals surface area contributed by atoms with Crippen LogP contribution in [-0.2, 0) is 9.47 Å². The van der Waals surface area contributed by atoms with Gasteiger partial charge in [-0.25, -0.2) is 0 Å². The Bertz CT molecular complexity index is 337. The summed E-state index contributed by atoms with van der Waals surface area (Å²) in [6, 6.07) is 9.61. The summed E-state index contributed by atoms with van der Waals surface area (Å²) in [7, 11) is 0. The van der Waals surface area contributed by atoms with Crippen molar-refractivity contribution in [1.29, 1.82) is 0 Å². The normalized spacial score (nSPS) is 17.4. The van der Waals surface area contributed by atoms with Crippen LogP contribution in [0.25, 0.3) is 0 Å². The molecule has 1 N–H and O–H groups in total. The molecule has 17 heavy (non-hydrogen) atoms. The molecule has 92 valence electrons. The molecule has 0 bridgehead atoms. The molecule has 0 aliphatic carbocycles. The molecule has 0 radical (unpaired) electrons. The van der Waals surface area contributed by atoms with Crippen molar-refractivity contribution in [2.24, 2.45) is 10.3 Å².